The molecule has 0 saturated carbocycles. The molecular formula is C19H25O4P. The smallest absolute Gasteiger partial charge is 0.329 e. The van der Waals surface area contributed by atoms with Crippen LogP contribution in [-0.2, 0) is 17.1 Å². The number of hydrogen-bond acceptors (Lipinski definition) is 2. The van der Waals surface area contributed by atoms with Crippen LogP contribution >= 0.6 is 7.60 Å². The molecule has 0 aliphatic rings. The van der Waals surface area contributed by atoms with Gasteiger partial charge in [-0.25, -0.2) is 0 Å². The summed E-state index contributed by atoms with van der Waals surface area (Å²) in [5.41, 5.74) is 5.92. The van der Waals surface area contributed by atoms with Gasteiger partial charge in [0, 0.05) is 0 Å². The first-order valence-corrected chi connectivity index (χ1v) is 9.82. The largest absolute Gasteiger partial charge is 0.508 e. The second kappa shape index (κ2) is 7.10. The highest BCUT2D eigenvalue weighted by atomic mass is 31.2. The first-order chi connectivity index (χ1) is 11.1. The van der Waals surface area contributed by atoms with Crippen LogP contribution in [0, 0.1) is 13.8 Å². The fourth-order valence-electron chi connectivity index (χ4n) is 3.07. The Kier molecular flexibility index (Phi) is 5.54. The molecule has 0 radical (unpaired) electrons. The Balaban J connectivity index is 2.34. The van der Waals surface area contributed by atoms with E-state index in [4.69, 9.17) is 9.79 Å². The van der Waals surface area contributed by atoms with Gasteiger partial charge in [-0.2, -0.15) is 0 Å². The summed E-state index contributed by atoms with van der Waals surface area (Å²) < 4.78 is 11.2. The van der Waals surface area contributed by atoms with Crippen LogP contribution in [0.4, 0.5) is 0 Å². The first kappa shape index (κ1) is 18.7. The maximum Gasteiger partial charge on any atom is 0.329 e. The molecule has 2 aromatic rings. The van der Waals surface area contributed by atoms with Crippen LogP contribution < -0.4 is 0 Å². The molecule has 0 aliphatic heterocycles. The molecule has 130 valence electrons. The third-order valence-electron chi connectivity index (χ3n) is 4.24. The molecule has 4 nitrogen and oxygen atoms in total. The lowest BCUT2D eigenvalue weighted by Crippen LogP contribution is -2.00. The summed E-state index contributed by atoms with van der Waals surface area (Å²) in [6, 6.07) is 9.39. The summed E-state index contributed by atoms with van der Waals surface area (Å²) >= 11 is 0. The van der Waals surface area contributed by atoms with Crippen LogP contribution in [0.25, 0.3) is 0 Å². The zero-order valence-corrected chi connectivity index (χ0v) is 15.5. The molecule has 2 aromatic carbocycles. The van der Waals surface area contributed by atoms with E-state index in [1.165, 1.54) is 0 Å². The van der Waals surface area contributed by atoms with Crippen molar-refractivity contribution in [3.63, 3.8) is 0 Å². The van der Waals surface area contributed by atoms with Gasteiger partial charge in [0.2, 0.25) is 0 Å². The van der Waals surface area contributed by atoms with Crippen LogP contribution in [0.15, 0.2) is 30.3 Å². The van der Waals surface area contributed by atoms with Crippen molar-refractivity contribution in [3.8, 4) is 5.75 Å². The van der Waals surface area contributed by atoms with E-state index in [-0.39, 0.29) is 12.1 Å². The van der Waals surface area contributed by atoms with E-state index in [0.29, 0.717) is 11.3 Å². The lowest BCUT2D eigenvalue weighted by molar-refractivity contribution is 0.371. The number of phenols is 1. The predicted molar refractivity (Wildman–Crippen MR) is 96.7 cm³/mol. The van der Waals surface area contributed by atoms with Crippen LogP contribution in [0.5, 0.6) is 5.75 Å². The molecular weight excluding hydrogens is 323 g/mol. The molecule has 0 saturated heterocycles. The fourth-order valence-corrected chi connectivity index (χ4v) is 3.73. The standard InChI is InChI=1S/C19H25O4P/c1-12(2)17-9-15(5-6-19(17)20)10-18-13(3)7-16(8-14(18)4)11-24(21,22)23/h5-9,12,20H,10-11H2,1-4H3,(H2,21,22,23). The molecule has 24 heavy (non-hydrogen) atoms. The van der Waals surface area contributed by atoms with E-state index >= 15 is 0 Å². The summed E-state index contributed by atoms with van der Waals surface area (Å²) in [5, 5.41) is 9.95. The van der Waals surface area contributed by atoms with Gasteiger partial charge in [0.25, 0.3) is 0 Å². The number of benzene rings is 2. The highest BCUT2D eigenvalue weighted by Crippen LogP contribution is 2.39. The average molecular weight is 348 g/mol. The fraction of sp³-hybridized carbons (Fsp3) is 0.368. The molecule has 3 N–H and O–H groups in total. The van der Waals surface area contributed by atoms with Crippen molar-refractivity contribution in [1.82, 2.24) is 0 Å². The summed E-state index contributed by atoms with van der Waals surface area (Å²) in [6.07, 6.45) is 0.500. The summed E-state index contributed by atoms with van der Waals surface area (Å²) in [4.78, 5) is 18.3. The van der Waals surface area contributed by atoms with Crippen LogP contribution in [0.3, 0.4) is 0 Å². The minimum Gasteiger partial charge on any atom is -0.508 e. The van der Waals surface area contributed by atoms with Gasteiger partial charge in [-0.3, -0.25) is 4.57 Å². The lowest BCUT2D eigenvalue weighted by atomic mass is 9.92. The molecule has 0 bridgehead atoms. The Morgan fingerprint density at radius 1 is 1.00 bits per heavy atom. The van der Waals surface area contributed by atoms with E-state index in [1.54, 1.807) is 6.07 Å². The van der Waals surface area contributed by atoms with E-state index in [1.807, 2.05) is 52.0 Å². The number of aryl methyl sites for hydroxylation is 2. The molecule has 2 rings (SSSR count). The number of phenolic OH excluding ortho intramolecular Hbond substituents is 1. The molecule has 0 aliphatic carbocycles. The van der Waals surface area contributed by atoms with Crippen molar-refractivity contribution in [2.45, 2.75) is 46.2 Å². The van der Waals surface area contributed by atoms with Gasteiger partial charge in [-0.1, -0.05) is 38.1 Å². The van der Waals surface area contributed by atoms with Crippen molar-refractivity contribution in [2.75, 3.05) is 0 Å². The Bertz CT molecular complexity index is 767. The molecule has 0 amide bonds. The third-order valence-corrected chi connectivity index (χ3v) is 5.02. The van der Waals surface area contributed by atoms with Crippen molar-refractivity contribution < 1.29 is 19.5 Å². The SMILES string of the molecule is Cc1cc(CP(=O)(O)O)cc(C)c1Cc1ccc(O)c(C(C)C)c1. The first-order valence-electron chi connectivity index (χ1n) is 8.02. The van der Waals surface area contributed by atoms with Crippen molar-refractivity contribution in [2.24, 2.45) is 0 Å². The van der Waals surface area contributed by atoms with Gasteiger partial charge < -0.3 is 14.9 Å². The lowest BCUT2D eigenvalue weighted by Gasteiger charge is -2.15. The van der Waals surface area contributed by atoms with E-state index < -0.39 is 7.60 Å². The Morgan fingerprint density at radius 2 is 1.58 bits per heavy atom. The number of hydrogen-bond donors (Lipinski definition) is 3. The summed E-state index contributed by atoms with van der Waals surface area (Å²) in [7, 11) is -4.06. The Labute approximate surface area is 143 Å². The minimum atomic E-state index is -4.06. The van der Waals surface area contributed by atoms with Gasteiger partial charge >= 0.3 is 7.60 Å². The molecule has 0 atom stereocenters. The van der Waals surface area contributed by atoms with Crippen LogP contribution in [0.2, 0.25) is 0 Å². The second-order valence-corrected chi connectivity index (χ2v) is 8.40. The Hall–Kier alpha value is -1.61. The summed E-state index contributed by atoms with van der Waals surface area (Å²) in [5.74, 6) is 0.567. The normalized spacial score (nSPS) is 12.0. The third kappa shape index (κ3) is 4.70. The van der Waals surface area contributed by atoms with E-state index in [0.717, 1.165) is 34.2 Å². The number of aromatic hydroxyl groups is 1. The summed E-state index contributed by atoms with van der Waals surface area (Å²) in [6.45, 7) is 8.03. The Morgan fingerprint density at radius 3 is 2.08 bits per heavy atom. The highest BCUT2D eigenvalue weighted by molar-refractivity contribution is 7.50. The van der Waals surface area contributed by atoms with Gasteiger partial charge in [0.15, 0.2) is 0 Å². The zero-order chi connectivity index (χ0) is 18.1. The predicted octanol–water partition coefficient (Wildman–Crippen LogP) is 4.40. The zero-order valence-electron chi connectivity index (χ0n) is 14.6. The average Bonchev–Trinajstić information content (AvgIpc) is 2.42. The maximum absolute atomic E-state index is 11.2. The van der Waals surface area contributed by atoms with Crippen molar-refractivity contribution >= 4 is 7.60 Å². The quantitative estimate of drug-likeness (QED) is 0.700. The van der Waals surface area contributed by atoms with Crippen LogP contribution in [0.1, 0.15) is 53.1 Å². The monoisotopic (exact) mass is 348 g/mol. The number of rotatable bonds is 5. The van der Waals surface area contributed by atoms with Gasteiger partial charge in [0.1, 0.15) is 5.75 Å². The minimum absolute atomic E-state index is 0.230. The topological polar surface area (TPSA) is 77.8 Å². The molecule has 0 heterocycles. The van der Waals surface area contributed by atoms with Crippen LogP contribution in [-0.4, -0.2) is 14.9 Å². The van der Waals surface area contributed by atoms with Gasteiger partial charge in [-0.15, -0.1) is 0 Å². The molecule has 5 heteroatoms. The van der Waals surface area contributed by atoms with Crippen molar-refractivity contribution in [1.29, 1.82) is 0 Å². The van der Waals surface area contributed by atoms with Crippen molar-refractivity contribution in [3.05, 3.63) is 63.7 Å². The van der Waals surface area contributed by atoms with Gasteiger partial charge in [0.05, 0.1) is 6.16 Å². The van der Waals surface area contributed by atoms with Gasteiger partial charge in [-0.05, 0) is 65.6 Å². The van der Waals surface area contributed by atoms with E-state index in [2.05, 4.69) is 0 Å². The second-order valence-electron chi connectivity index (χ2n) is 6.76. The maximum atomic E-state index is 11.2. The van der Waals surface area contributed by atoms with E-state index in [9.17, 15) is 9.67 Å². The molecule has 0 aromatic heterocycles. The highest BCUT2D eigenvalue weighted by Gasteiger charge is 2.16. The molecule has 0 unspecified atom stereocenters. The molecule has 0 fully saturated rings. The molecule has 0 spiro atoms.